The average Bonchev–Trinajstić information content (AvgIpc) is 0.756. The number of aryl methyl sites for hydroxylation is 20. The Balaban J connectivity index is 0.000000277. The zero-order chi connectivity index (χ0) is 83.4. The van der Waals surface area contributed by atoms with Crippen LogP contribution in [0.4, 0.5) is 0 Å². The third kappa shape index (κ3) is 19.1. The molecule has 0 amide bonds. The van der Waals surface area contributed by atoms with Gasteiger partial charge in [0.1, 0.15) is 28.2 Å². The van der Waals surface area contributed by atoms with Gasteiger partial charge in [0.2, 0.25) is 22.8 Å². The van der Waals surface area contributed by atoms with E-state index in [2.05, 4.69) is 188 Å². The second-order valence-electron chi connectivity index (χ2n) is 25.7. The highest BCUT2D eigenvalue weighted by atomic mass is 14.9. The third-order valence-corrected chi connectivity index (χ3v) is 18.9. The van der Waals surface area contributed by atoms with Gasteiger partial charge in [-0.2, -0.15) is 0 Å². The number of rotatable bonds is 14. The minimum atomic E-state index is -2.47. The molecule has 0 radical (unpaired) electrons. The molecule has 4 heterocycles. The molecule has 8 aromatic carbocycles. The molecule has 0 fully saturated rings. The topological polar surface area (TPSA) is 15.5 Å². The Hall–Kier alpha value is -9.64. The fourth-order valence-corrected chi connectivity index (χ4v) is 13.4. The molecule has 12 rings (SSSR count). The van der Waals surface area contributed by atoms with Crippen molar-refractivity contribution in [2.45, 2.75) is 179 Å². The highest BCUT2D eigenvalue weighted by Crippen LogP contribution is 2.37. The van der Waals surface area contributed by atoms with Crippen LogP contribution >= 0.6 is 0 Å². The first-order valence-electron chi connectivity index (χ1n) is 41.6. The lowest BCUT2D eigenvalue weighted by Crippen LogP contribution is -2.32. The fourth-order valence-electron chi connectivity index (χ4n) is 13.4. The van der Waals surface area contributed by atoms with E-state index in [0.717, 1.165) is 41.5 Å². The molecule has 0 unspecified atom stereocenters. The molecule has 4 heteroatoms. The maximum atomic E-state index is 8.29. The van der Waals surface area contributed by atoms with Crippen molar-refractivity contribution in [3.05, 3.63) is 308 Å². The first-order chi connectivity index (χ1) is 52.8. The van der Waals surface area contributed by atoms with E-state index in [1.54, 1.807) is 66.7 Å². The second-order valence-corrected chi connectivity index (χ2v) is 25.7. The zero-order valence-electron chi connectivity index (χ0n) is 75.7. The number of pyridine rings is 4. The van der Waals surface area contributed by atoms with E-state index in [1.807, 2.05) is 73.7 Å². The van der Waals surface area contributed by atoms with E-state index >= 15 is 0 Å². The Kier molecular flexibility index (Phi) is 23.1. The summed E-state index contributed by atoms with van der Waals surface area (Å²) in [5.41, 5.74) is 29.4. The van der Waals surface area contributed by atoms with Crippen molar-refractivity contribution in [2.75, 3.05) is 0 Å². The quantitative estimate of drug-likeness (QED) is 0.0965. The molecular weight excluding hydrogens is 1230 g/mol. The summed E-state index contributed by atoms with van der Waals surface area (Å²) in [6.07, 6.45) is 5.50. The summed E-state index contributed by atoms with van der Waals surface area (Å²) in [6.45, 7) is 18.5. The SMILES string of the molecule is C.C.C.C.CCc1cc(-c2cc(-c3ccccc3)c(C)cc2C)[n+](C)cc1C.CCc1cc(-c2cc(-c3ccccc3)c(C)cc2C)[n+](C)cc1CC.[2H]C([2H])([2H])c1cc(C)c(-c2cc(C([2H])([2H])C)c(C([2H])([2H])C)c[n+]2C)cc1-c1ccccc1.[2H]C([2H])([2H])c1cc(C)c(-c2cc(C([2H])([2H])C)c(C([2H])([2H])[2H])c[n+]2C)cc1-c1ccccc1. The van der Waals surface area contributed by atoms with Crippen LogP contribution in [0.25, 0.3) is 89.5 Å². The van der Waals surface area contributed by atoms with Gasteiger partial charge in [-0.05, 0) is 243 Å². The molecule has 0 aliphatic rings. The largest absolute Gasteiger partial charge is 0.212 e. The van der Waals surface area contributed by atoms with Gasteiger partial charge in [0.25, 0.3) is 0 Å². The van der Waals surface area contributed by atoms with Crippen LogP contribution in [0.5, 0.6) is 0 Å². The lowest BCUT2D eigenvalue weighted by atomic mass is 9.92. The summed E-state index contributed by atoms with van der Waals surface area (Å²) in [6, 6.07) is 64.2. The highest BCUT2D eigenvalue weighted by Gasteiger charge is 2.23. The Bertz CT molecular complexity index is 5220. The van der Waals surface area contributed by atoms with Crippen LogP contribution in [0.3, 0.4) is 0 Å². The molecule has 0 N–H and O–H groups in total. The maximum Gasteiger partial charge on any atom is 0.212 e. The Morgan fingerprint density at radius 2 is 0.500 bits per heavy atom. The molecule has 0 spiro atoms. The molecule has 4 nitrogen and oxygen atoms in total. The average molecular weight is 1370 g/mol. The van der Waals surface area contributed by atoms with Crippen LogP contribution in [0, 0.1) is 69.0 Å². The molecule has 0 saturated heterocycles. The predicted octanol–water partition coefficient (Wildman–Crippen LogP) is 24.4. The van der Waals surface area contributed by atoms with Gasteiger partial charge in [-0.15, -0.1) is 0 Å². The van der Waals surface area contributed by atoms with E-state index in [0.29, 0.717) is 33.6 Å². The third-order valence-electron chi connectivity index (χ3n) is 18.9. The first kappa shape index (κ1) is 62.2. The number of aromatic nitrogens is 4. The van der Waals surface area contributed by atoms with E-state index in [-0.39, 0.29) is 63.1 Å². The van der Waals surface area contributed by atoms with Crippen molar-refractivity contribution in [1.82, 2.24) is 0 Å². The van der Waals surface area contributed by atoms with Crippen molar-refractivity contribution in [3.8, 4) is 89.5 Å². The molecule has 0 aliphatic carbocycles. The standard InChI is InChI=1S/2C24H28N.2C23H26N.4CH4/c2*1-6-19-14-24(25(5)16-20(19)7-2)23-15-22(17(3)13-18(23)4)21-11-9-8-10-12-21;2*1-6-19-13-23(24(5)15-18(19)4)22-14-21(16(2)12-17(22)3)20-10-8-7-9-11-20;;;;/h2*8-16H,6-7H2,1-5H3;2*7-15H,6H2,1-5H3;4*1H4/q4*+1;;;;/i3D3,6D2,7D2;;2D3,4D3,6D2;;;;;. The number of hydrogen-bond acceptors (Lipinski definition) is 0. The Morgan fingerprint density at radius 3 is 0.814 bits per heavy atom. The van der Waals surface area contributed by atoms with E-state index in [1.165, 1.54) is 116 Å². The van der Waals surface area contributed by atoms with Gasteiger partial charge >= 0.3 is 0 Å². The lowest BCUT2D eigenvalue weighted by molar-refractivity contribution is -0.661. The van der Waals surface area contributed by atoms with Crippen LogP contribution in [0.1, 0.15) is 181 Å². The predicted molar refractivity (Wildman–Crippen MR) is 445 cm³/mol. The summed E-state index contributed by atoms with van der Waals surface area (Å²) in [7, 11) is 7.80. The Morgan fingerprint density at radius 1 is 0.245 bits per heavy atom. The summed E-state index contributed by atoms with van der Waals surface area (Å²) in [4.78, 5) is 0. The second kappa shape index (κ2) is 37.9. The molecule has 4 aromatic heterocycles. The van der Waals surface area contributed by atoms with E-state index in [4.69, 9.17) is 20.6 Å². The molecular formula is C98H124N4+4. The van der Waals surface area contributed by atoms with Gasteiger partial charge in [0.05, 0.1) is 0 Å². The normalized spacial score (nSPS) is 13.4. The molecule has 12 aromatic rings. The smallest absolute Gasteiger partial charge is 0.201 e. The van der Waals surface area contributed by atoms with Crippen molar-refractivity contribution in [3.63, 3.8) is 0 Å². The summed E-state index contributed by atoms with van der Waals surface area (Å²) >= 11 is 0. The highest BCUT2D eigenvalue weighted by molar-refractivity contribution is 5.80. The number of benzene rings is 8. The number of nitrogens with zero attached hydrogens (tertiary/aromatic N) is 4. The number of hydrogen-bond donors (Lipinski definition) is 0. The fraction of sp³-hybridized carbons (Fsp3) is 0.306. The van der Waals surface area contributed by atoms with Crippen LogP contribution in [0.15, 0.2) is 219 Å². The van der Waals surface area contributed by atoms with Gasteiger partial charge in [-0.3, -0.25) is 0 Å². The van der Waals surface area contributed by atoms with Crippen LogP contribution in [-0.2, 0) is 66.6 Å². The zero-order valence-corrected chi connectivity index (χ0v) is 60.7. The molecule has 0 saturated carbocycles. The van der Waals surface area contributed by atoms with Gasteiger partial charge < -0.3 is 0 Å². The lowest BCUT2D eigenvalue weighted by Gasteiger charge is -2.13. The van der Waals surface area contributed by atoms with Gasteiger partial charge in [0.15, 0.2) is 24.8 Å². The van der Waals surface area contributed by atoms with Crippen molar-refractivity contribution in [1.29, 1.82) is 0 Å². The molecule has 0 bridgehead atoms. The summed E-state index contributed by atoms with van der Waals surface area (Å²) in [5.74, 6) is 0. The van der Waals surface area contributed by atoms with Crippen molar-refractivity contribution < 1.29 is 38.8 Å². The van der Waals surface area contributed by atoms with Crippen LogP contribution in [-0.4, -0.2) is 0 Å². The minimum Gasteiger partial charge on any atom is -0.201 e. The molecule has 0 aliphatic heterocycles. The molecule has 532 valence electrons. The van der Waals surface area contributed by atoms with Crippen molar-refractivity contribution >= 4 is 0 Å². The van der Waals surface area contributed by atoms with E-state index < -0.39 is 39.7 Å². The van der Waals surface area contributed by atoms with Gasteiger partial charge in [0, 0.05) is 89.3 Å². The maximum absolute atomic E-state index is 8.29. The Labute approximate surface area is 640 Å². The van der Waals surface area contributed by atoms with Crippen LogP contribution in [0.2, 0.25) is 0 Å². The van der Waals surface area contributed by atoms with Crippen LogP contribution < -0.4 is 18.3 Å². The molecule has 0 atom stereocenters. The summed E-state index contributed by atoms with van der Waals surface area (Å²) < 4.78 is 129. The van der Waals surface area contributed by atoms with E-state index in [9.17, 15) is 0 Å². The minimum absolute atomic E-state index is 0. The monoisotopic (exact) mass is 1370 g/mol. The van der Waals surface area contributed by atoms with Gasteiger partial charge in [-0.25, -0.2) is 18.3 Å². The first-order valence-corrected chi connectivity index (χ1v) is 34.1. The molecule has 102 heavy (non-hydrogen) atoms. The van der Waals surface area contributed by atoms with Gasteiger partial charge in [-0.1, -0.05) is 217 Å². The van der Waals surface area contributed by atoms with Crippen molar-refractivity contribution in [2.24, 2.45) is 28.2 Å². The summed E-state index contributed by atoms with van der Waals surface area (Å²) in [5, 5.41) is 0.